The van der Waals surface area contributed by atoms with Crippen molar-refractivity contribution < 1.29 is 5.11 Å². The van der Waals surface area contributed by atoms with Gasteiger partial charge in [0.1, 0.15) is 5.82 Å². The number of aliphatic hydroxyl groups is 1. The molecule has 0 aliphatic heterocycles. The first-order valence-electron chi connectivity index (χ1n) is 5.13. The lowest BCUT2D eigenvalue weighted by molar-refractivity contribution is 0.218. The molecule has 1 heterocycles. The summed E-state index contributed by atoms with van der Waals surface area (Å²) in [6.45, 7) is 5.92. The van der Waals surface area contributed by atoms with Crippen molar-refractivity contribution in [3.05, 3.63) is 17.8 Å². The molecule has 4 nitrogen and oxygen atoms in total. The summed E-state index contributed by atoms with van der Waals surface area (Å²) in [6, 6.07) is 3.64. The molecule has 0 aromatic carbocycles. The van der Waals surface area contributed by atoms with Crippen LogP contribution in [0.15, 0.2) is 12.1 Å². The number of hydrogen-bond acceptors (Lipinski definition) is 4. The van der Waals surface area contributed by atoms with E-state index in [1.54, 1.807) is 0 Å². The van der Waals surface area contributed by atoms with E-state index in [4.69, 9.17) is 5.73 Å². The van der Waals surface area contributed by atoms with E-state index in [1.165, 1.54) is 0 Å². The van der Waals surface area contributed by atoms with E-state index >= 15 is 0 Å². The Morgan fingerprint density at radius 2 is 2.20 bits per heavy atom. The highest BCUT2D eigenvalue weighted by Gasteiger charge is 2.20. The van der Waals surface area contributed by atoms with E-state index in [1.807, 2.05) is 32.9 Å². The standard InChI is InChI=1S/C11H19N3O/c1-4-11(3,7-15)14-10-6-5-9(12)8(2)13-10/h5-6,15H,4,7,12H2,1-3H3,(H,13,14). The van der Waals surface area contributed by atoms with Gasteiger partial charge in [0.2, 0.25) is 0 Å². The molecule has 1 unspecified atom stereocenters. The Balaban J connectivity index is 2.85. The number of rotatable bonds is 4. The number of aliphatic hydroxyl groups excluding tert-OH is 1. The maximum atomic E-state index is 9.26. The third-order valence-electron chi connectivity index (χ3n) is 2.69. The molecule has 4 N–H and O–H groups in total. The molecular formula is C11H19N3O. The molecule has 84 valence electrons. The van der Waals surface area contributed by atoms with Crippen LogP contribution in [0.2, 0.25) is 0 Å². The van der Waals surface area contributed by atoms with Crippen molar-refractivity contribution in [2.45, 2.75) is 32.7 Å². The fourth-order valence-corrected chi connectivity index (χ4v) is 1.19. The van der Waals surface area contributed by atoms with E-state index in [0.717, 1.165) is 17.9 Å². The largest absolute Gasteiger partial charge is 0.397 e. The Morgan fingerprint density at radius 3 is 2.67 bits per heavy atom. The van der Waals surface area contributed by atoms with Gasteiger partial charge in [0.15, 0.2) is 0 Å². The Bertz CT molecular complexity index is 335. The molecule has 0 aliphatic rings. The van der Waals surface area contributed by atoms with Crippen LogP contribution in [0.25, 0.3) is 0 Å². The SMILES string of the molecule is CCC(C)(CO)Nc1ccc(N)c(C)n1. The first-order chi connectivity index (χ1) is 7.00. The highest BCUT2D eigenvalue weighted by Crippen LogP contribution is 2.18. The van der Waals surface area contributed by atoms with Gasteiger partial charge in [0.05, 0.1) is 23.5 Å². The van der Waals surface area contributed by atoms with E-state index < -0.39 is 0 Å². The predicted molar refractivity (Wildman–Crippen MR) is 62.8 cm³/mol. The Hall–Kier alpha value is -1.29. The number of anilines is 2. The van der Waals surface area contributed by atoms with Gasteiger partial charge in [-0.2, -0.15) is 0 Å². The summed E-state index contributed by atoms with van der Waals surface area (Å²) in [5.41, 5.74) is 6.84. The number of nitrogens with two attached hydrogens (primary N) is 1. The molecule has 0 amide bonds. The molecular weight excluding hydrogens is 190 g/mol. The van der Waals surface area contributed by atoms with Gasteiger partial charge >= 0.3 is 0 Å². The molecule has 1 aromatic rings. The van der Waals surface area contributed by atoms with Crippen molar-refractivity contribution in [2.75, 3.05) is 17.7 Å². The van der Waals surface area contributed by atoms with Crippen molar-refractivity contribution in [3.63, 3.8) is 0 Å². The number of pyridine rings is 1. The quantitative estimate of drug-likeness (QED) is 0.703. The number of hydrogen-bond donors (Lipinski definition) is 3. The Morgan fingerprint density at radius 1 is 1.53 bits per heavy atom. The summed E-state index contributed by atoms with van der Waals surface area (Å²) in [5, 5.41) is 12.5. The van der Waals surface area contributed by atoms with Gasteiger partial charge in [-0.15, -0.1) is 0 Å². The maximum absolute atomic E-state index is 9.26. The smallest absolute Gasteiger partial charge is 0.126 e. The predicted octanol–water partition coefficient (Wildman–Crippen LogP) is 1.55. The number of aryl methyl sites for hydroxylation is 1. The van der Waals surface area contributed by atoms with Gasteiger partial charge in [-0.1, -0.05) is 6.92 Å². The van der Waals surface area contributed by atoms with Crippen molar-refractivity contribution in [3.8, 4) is 0 Å². The fraction of sp³-hybridized carbons (Fsp3) is 0.545. The molecule has 0 spiro atoms. The molecule has 0 saturated heterocycles. The molecule has 0 radical (unpaired) electrons. The fourth-order valence-electron chi connectivity index (χ4n) is 1.19. The molecule has 4 heteroatoms. The van der Waals surface area contributed by atoms with E-state index in [-0.39, 0.29) is 12.1 Å². The van der Waals surface area contributed by atoms with Crippen LogP contribution in [0, 0.1) is 6.92 Å². The van der Waals surface area contributed by atoms with Gasteiger partial charge in [0.25, 0.3) is 0 Å². The van der Waals surface area contributed by atoms with E-state index in [2.05, 4.69) is 10.3 Å². The first-order valence-corrected chi connectivity index (χ1v) is 5.13. The van der Waals surface area contributed by atoms with Crippen LogP contribution >= 0.6 is 0 Å². The highest BCUT2D eigenvalue weighted by atomic mass is 16.3. The summed E-state index contributed by atoms with van der Waals surface area (Å²) in [4.78, 5) is 4.31. The van der Waals surface area contributed by atoms with E-state index in [9.17, 15) is 5.11 Å². The van der Waals surface area contributed by atoms with Crippen molar-refractivity contribution in [1.29, 1.82) is 0 Å². The van der Waals surface area contributed by atoms with Crippen molar-refractivity contribution in [1.82, 2.24) is 4.98 Å². The summed E-state index contributed by atoms with van der Waals surface area (Å²) < 4.78 is 0. The second-order valence-electron chi connectivity index (χ2n) is 4.07. The topological polar surface area (TPSA) is 71.2 Å². The highest BCUT2D eigenvalue weighted by molar-refractivity contribution is 5.49. The second-order valence-corrected chi connectivity index (χ2v) is 4.07. The van der Waals surface area contributed by atoms with Crippen molar-refractivity contribution >= 4 is 11.5 Å². The van der Waals surface area contributed by atoms with Gasteiger partial charge in [-0.25, -0.2) is 4.98 Å². The number of nitrogen functional groups attached to an aromatic ring is 1. The number of aromatic nitrogens is 1. The summed E-state index contributed by atoms with van der Waals surface area (Å²) >= 11 is 0. The van der Waals surface area contributed by atoms with Crippen LogP contribution in [-0.4, -0.2) is 22.2 Å². The molecule has 0 fully saturated rings. The van der Waals surface area contributed by atoms with Gasteiger partial charge in [0, 0.05) is 0 Å². The molecule has 15 heavy (non-hydrogen) atoms. The molecule has 0 saturated carbocycles. The zero-order chi connectivity index (χ0) is 11.5. The zero-order valence-electron chi connectivity index (χ0n) is 9.54. The minimum atomic E-state index is -0.324. The lowest BCUT2D eigenvalue weighted by Crippen LogP contribution is -2.38. The Labute approximate surface area is 90.5 Å². The normalized spacial score (nSPS) is 14.7. The van der Waals surface area contributed by atoms with Crippen LogP contribution in [0.3, 0.4) is 0 Å². The minimum Gasteiger partial charge on any atom is -0.397 e. The molecule has 1 aromatic heterocycles. The van der Waals surface area contributed by atoms with Gasteiger partial charge in [-0.3, -0.25) is 0 Å². The van der Waals surface area contributed by atoms with E-state index in [0.29, 0.717) is 5.69 Å². The number of nitrogens with zero attached hydrogens (tertiary/aromatic N) is 1. The molecule has 1 rings (SSSR count). The summed E-state index contributed by atoms with van der Waals surface area (Å²) in [6.07, 6.45) is 0.828. The summed E-state index contributed by atoms with van der Waals surface area (Å²) in [5.74, 6) is 0.750. The van der Waals surface area contributed by atoms with Gasteiger partial charge < -0.3 is 16.2 Å². The maximum Gasteiger partial charge on any atom is 0.126 e. The minimum absolute atomic E-state index is 0.0780. The second kappa shape index (κ2) is 4.49. The first kappa shape index (κ1) is 11.8. The average Bonchev–Trinajstić information content (AvgIpc) is 2.23. The van der Waals surface area contributed by atoms with Crippen LogP contribution in [0.5, 0.6) is 0 Å². The van der Waals surface area contributed by atoms with Crippen LogP contribution in [0.4, 0.5) is 11.5 Å². The Kier molecular flexibility index (Phi) is 3.52. The van der Waals surface area contributed by atoms with Crippen LogP contribution < -0.4 is 11.1 Å². The lowest BCUT2D eigenvalue weighted by Gasteiger charge is -2.28. The van der Waals surface area contributed by atoms with Crippen LogP contribution in [-0.2, 0) is 0 Å². The monoisotopic (exact) mass is 209 g/mol. The summed E-state index contributed by atoms with van der Waals surface area (Å²) in [7, 11) is 0. The zero-order valence-corrected chi connectivity index (χ0v) is 9.54. The third-order valence-corrected chi connectivity index (χ3v) is 2.69. The van der Waals surface area contributed by atoms with Crippen molar-refractivity contribution in [2.24, 2.45) is 0 Å². The molecule has 0 bridgehead atoms. The van der Waals surface area contributed by atoms with Gasteiger partial charge in [-0.05, 0) is 32.4 Å². The molecule has 1 atom stereocenters. The lowest BCUT2D eigenvalue weighted by atomic mass is 10.0. The average molecular weight is 209 g/mol. The molecule has 0 aliphatic carbocycles. The third kappa shape index (κ3) is 2.83. The number of nitrogens with one attached hydrogen (secondary N) is 1. The van der Waals surface area contributed by atoms with Crippen LogP contribution in [0.1, 0.15) is 26.0 Å².